The molecule has 8 rings (SSSR count). The Hall–Kier alpha value is -3.00. The predicted molar refractivity (Wildman–Crippen MR) is 135 cm³/mol. The number of nitrogens with one attached hydrogen (secondary N) is 2. The lowest BCUT2D eigenvalue weighted by atomic mass is 9.46. The first-order valence-corrected chi connectivity index (χ1v) is 12.7. The van der Waals surface area contributed by atoms with Crippen molar-refractivity contribution in [3.8, 4) is 22.5 Å². The van der Waals surface area contributed by atoms with E-state index in [-0.39, 0.29) is 0 Å². The average Bonchev–Trinajstić information content (AvgIpc) is 3.50. The maximum Gasteiger partial charge on any atom is 0.0456 e. The minimum absolute atomic E-state index is 0.381. The molecular weight excluding hydrogens is 400 g/mol. The molecule has 0 amide bonds. The molecule has 4 bridgehead atoms. The van der Waals surface area contributed by atoms with E-state index in [0.717, 1.165) is 17.8 Å². The predicted octanol–water partition coefficient (Wildman–Crippen LogP) is 8.03. The van der Waals surface area contributed by atoms with Gasteiger partial charge in [-0.05, 0) is 97.1 Å². The third-order valence-electron chi connectivity index (χ3n) is 8.91. The Kier molecular flexibility index (Phi) is 4.43. The van der Waals surface area contributed by atoms with E-state index in [0.29, 0.717) is 11.3 Å². The zero-order valence-corrected chi connectivity index (χ0v) is 19.1. The van der Waals surface area contributed by atoms with Gasteiger partial charge in [-0.15, -0.1) is 0 Å². The van der Waals surface area contributed by atoms with Gasteiger partial charge in [0, 0.05) is 28.7 Å². The smallest absolute Gasteiger partial charge is 0.0456 e. The summed E-state index contributed by atoms with van der Waals surface area (Å²) in [6, 6.07) is 30.8. The zero-order valence-electron chi connectivity index (χ0n) is 19.1. The first-order chi connectivity index (χ1) is 16.3. The minimum atomic E-state index is 0.381. The van der Waals surface area contributed by atoms with Crippen LogP contribution in [-0.4, -0.2) is 9.97 Å². The first-order valence-electron chi connectivity index (χ1n) is 12.7. The van der Waals surface area contributed by atoms with E-state index in [1.807, 2.05) is 0 Å². The Morgan fingerprint density at radius 3 is 1.39 bits per heavy atom. The summed E-state index contributed by atoms with van der Waals surface area (Å²) in [5, 5.41) is 0. The number of hydrogen-bond acceptors (Lipinski definition) is 0. The van der Waals surface area contributed by atoms with Crippen LogP contribution in [0.4, 0.5) is 0 Å². The van der Waals surface area contributed by atoms with E-state index in [1.165, 1.54) is 72.4 Å². The second-order valence-electron chi connectivity index (χ2n) is 11.1. The van der Waals surface area contributed by atoms with Crippen molar-refractivity contribution >= 4 is 0 Å². The van der Waals surface area contributed by atoms with E-state index >= 15 is 0 Å². The van der Waals surface area contributed by atoms with Crippen molar-refractivity contribution < 1.29 is 0 Å². The summed E-state index contributed by atoms with van der Waals surface area (Å²) in [4.78, 5) is 7.76. The fourth-order valence-electron chi connectivity index (χ4n) is 8.09. The molecule has 33 heavy (non-hydrogen) atoms. The van der Waals surface area contributed by atoms with Crippen molar-refractivity contribution in [3.05, 3.63) is 96.3 Å². The Morgan fingerprint density at radius 1 is 0.545 bits per heavy atom. The molecule has 0 aliphatic heterocycles. The van der Waals surface area contributed by atoms with Gasteiger partial charge in [-0.2, -0.15) is 0 Å². The summed E-state index contributed by atoms with van der Waals surface area (Å²) in [6.07, 6.45) is 8.61. The summed E-state index contributed by atoms with van der Waals surface area (Å²) in [6.45, 7) is 0. The topological polar surface area (TPSA) is 31.6 Å². The van der Waals surface area contributed by atoms with Gasteiger partial charge in [-0.25, -0.2) is 0 Å². The molecule has 0 unspecified atom stereocenters. The molecule has 2 aromatic carbocycles. The van der Waals surface area contributed by atoms with Gasteiger partial charge in [-0.1, -0.05) is 60.7 Å². The number of aromatic nitrogens is 2. The SMILES string of the molecule is c1ccc(-c2ccc(C(c3ccc(-c4ccccc4)[nH]3)C34CC5CC(CC(C5)C3)C4)[nH]2)cc1. The molecule has 166 valence electrons. The number of aromatic amines is 2. The lowest BCUT2D eigenvalue weighted by Crippen LogP contribution is -2.49. The monoisotopic (exact) mass is 432 g/mol. The Labute approximate surface area is 196 Å². The molecule has 0 saturated heterocycles. The summed E-state index contributed by atoms with van der Waals surface area (Å²) in [5.74, 6) is 3.21. The average molecular weight is 433 g/mol. The van der Waals surface area contributed by atoms with Crippen LogP contribution in [0.3, 0.4) is 0 Å². The number of hydrogen-bond donors (Lipinski definition) is 2. The summed E-state index contributed by atoms with van der Waals surface area (Å²) in [7, 11) is 0. The minimum Gasteiger partial charge on any atom is -0.358 e. The molecule has 4 saturated carbocycles. The molecule has 4 aliphatic carbocycles. The maximum absolute atomic E-state index is 3.88. The van der Waals surface area contributed by atoms with Gasteiger partial charge in [0.25, 0.3) is 0 Å². The van der Waals surface area contributed by atoms with Gasteiger partial charge >= 0.3 is 0 Å². The van der Waals surface area contributed by atoms with E-state index < -0.39 is 0 Å². The van der Waals surface area contributed by atoms with Gasteiger partial charge in [0.15, 0.2) is 0 Å². The van der Waals surface area contributed by atoms with Gasteiger partial charge in [0.1, 0.15) is 0 Å². The molecule has 4 fully saturated rings. The van der Waals surface area contributed by atoms with Crippen molar-refractivity contribution in [2.45, 2.75) is 44.4 Å². The summed E-state index contributed by atoms with van der Waals surface area (Å²) >= 11 is 0. The van der Waals surface area contributed by atoms with Crippen LogP contribution in [-0.2, 0) is 0 Å². The highest BCUT2D eigenvalue weighted by Crippen LogP contribution is 2.65. The molecule has 2 heterocycles. The fraction of sp³-hybridized carbons (Fsp3) is 0.355. The molecule has 0 radical (unpaired) electrons. The Bertz CT molecular complexity index is 1130. The molecule has 2 heteroatoms. The molecule has 0 spiro atoms. The van der Waals surface area contributed by atoms with Crippen molar-refractivity contribution in [3.63, 3.8) is 0 Å². The van der Waals surface area contributed by atoms with Gasteiger partial charge in [0.05, 0.1) is 0 Å². The highest BCUT2D eigenvalue weighted by molar-refractivity contribution is 5.62. The second-order valence-corrected chi connectivity index (χ2v) is 11.1. The van der Waals surface area contributed by atoms with Gasteiger partial charge in [-0.3, -0.25) is 0 Å². The largest absolute Gasteiger partial charge is 0.358 e. The van der Waals surface area contributed by atoms with Crippen molar-refractivity contribution in [1.82, 2.24) is 9.97 Å². The van der Waals surface area contributed by atoms with E-state index in [9.17, 15) is 0 Å². The van der Waals surface area contributed by atoms with Crippen molar-refractivity contribution in [2.75, 3.05) is 0 Å². The molecular formula is C31H32N2. The molecule has 0 atom stereocenters. The van der Waals surface area contributed by atoms with E-state index in [2.05, 4.69) is 94.9 Å². The highest BCUT2D eigenvalue weighted by Gasteiger charge is 2.55. The number of benzene rings is 2. The molecule has 2 aromatic heterocycles. The van der Waals surface area contributed by atoms with E-state index in [1.54, 1.807) is 0 Å². The van der Waals surface area contributed by atoms with Gasteiger partial charge < -0.3 is 9.97 Å². The van der Waals surface area contributed by atoms with Crippen LogP contribution in [0.1, 0.15) is 55.8 Å². The maximum atomic E-state index is 3.88. The summed E-state index contributed by atoms with van der Waals surface area (Å²) in [5.41, 5.74) is 8.15. The lowest BCUT2D eigenvalue weighted by molar-refractivity contribution is -0.0629. The Balaban J connectivity index is 1.33. The van der Waals surface area contributed by atoms with Crippen molar-refractivity contribution in [1.29, 1.82) is 0 Å². The highest BCUT2D eigenvalue weighted by atomic mass is 14.8. The van der Waals surface area contributed by atoms with Crippen LogP contribution in [0.25, 0.3) is 22.5 Å². The number of rotatable bonds is 5. The van der Waals surface area contributed by atoms with Crippen LogP contribution < -0.4 is 0 Å². The standard InChI is InChI=1S/C31H32N2/c1-3-7-24(8-4-1)26-11-13-28(32-26)30(29-14-12-27(33-29)25-9-5-2-6-10-25)31-18-21-15-22(19-31)17-23(16-21)20-31/h1-14,21-23,30,32-33H,15-20H2. The molecule has 2 nitrogen and oxygen atoms in total. The summed E-state index contributed by atoms with van der Waals surface area (Å²) < 4.78 is 0. The Morgan fingerprint density at radius 2 is 0.970 bits per heavy atom. The fourth-order valence-corrected chi connectivity index (χ4v) is 8.09. The molecule has 2 N–H and O–H groups in total. The molecule has 4 aliphatic rings. The quantitative estimate of drug-likeness (QED) is 0.320. The third-order valence-corrected chi connectivity index (χ3v) is 8.91. The normalized spacial score (nSPS) is 28.0. The lowest BCUT2D eigenvalue weighted by Gasteiger charge is -2.59. The second kappa shape index (κ2) is 7.52. The third kappa shape index (κ3) is 3.30. The van der Waals surface area contributed by atoms with Crippen molar-refractivity contribution in [2.24, 2.45) is 23.2 Å². The van der Waals surface area contributed by atoms with Crippen LogP contribution in [0, 0.1) is 23.2 Å². The van der Waals surface area contributed by atoms with Crippen LogP contribution in [0.2, 0.25) is 0 Å². The van der Waals surface area contributed by atoms with Gasteiger partial charge in [0.2, 0.25) is 0 Å². The zero-order chi connectivity index (χ0) is 21.8. The van der Waals surface area contributed by atoms with E-state index in [4.69, 9.17) is 0 Å². The van der Waals surface area contributed by atoms with Crippen LogP contribution >= 0.6 is 0 Å². The van der Waals surface area contributed by atoms with Crippen LogP contribution in [0.5, 0.6) is 0 Å². The van der Waals surface area contributed by atoms with Crippen LogP contribution in [0.15, 0.2) is 84.9 Å². The molecule has 4 aromatic rings. The first kappa shape index (κ1) is 19.5. The number of H-pyrrole nitrogens is 2.